The van der Waals surface area contributed by atoms with Crippen LogP contribution in [-0.2, 0) is 0 Å². The quantitative estimate of drug-likeness (QED) is 0.901. The number of hydrogen-bond acceptors (Lipinski definition) is 4. The summed E-state index contributed by atoms with van der Waals surface area (Å²) in [5.41, 5.74) is 9.20. The van der Waals surface area contributed by atoms with Gasteiger partial charge in [-0.15, -0.1) is 0 Å². The summed E-state index contributed by atoms with van der Waals surface area (Å²) < 4.78 is 0. The lowest BCUT2D eigenvalue weighted by molar-refractivity contribution is 0.990. The lowest BCUT2D eigenvalue weighted by Gasteiger charge is -2.12. The van der Waals surface area contributed by atoms with E-state index in [2.05, 4.69) is 15.3 Å². The Labute approximate surface area is 118 Å². The highest BCUT2D eigenvalue weighted by Gasteiger charge is 2.09. The van der Waals surface area contributed by atoms with Gasteiger partial charge in [-0.25, -0.2) is 9.97 Å². The molecule has 1 aromatic heterocycles. The van der Waals surface area contributed by atoms with Crippen LogP contribution < -0.4 is 11.1 Å². The van der Waals surface area contributed by atoms with Gasteiger partial charge in [0.15, 0.2) is 5.82 Å². The Hall–Kier alpha value is -1.65. The Bertz CT molecular complexity index is 560. The molecular formula is C14H17ClN4. The fourth-order valence-electron chi connectivity index (χ4n) is 1.93. The van der Waals surface area contributed by atoms with Crippen molar-refractivity contribution in [2.24, 2.45) is 5.73 Å². The normalized spacial score (nSPS) is 10.5. The van der Waals surface area contributed by atoms with E-state index in [9.17, 15) is 0 Å². The van der Waals surface area contributed by atoms with Crippen LogP contribution >= 0.6 is 11.6 Å². The van der Waals surface area contributed by atoms with Crippen LogP contribution in [0.5, 0.6) is 0 Å². The van der Waals surface area contributed by atoms with Gasteiger partial charge in [0.2, 0.25) is 0 Å². The minimum Gasteiger partial charge on any atom is -0.381 e. The lowest BCUT2D eigenvalue weighted by atomic mass is 10.2. The number of aromatic nitrogens is 2. The molecular weight excluding hydrogens is 260 g/mol. The number of benzene rings is 1. The van der Waals surface area contributed by atoms with Crippen LogP contribution in [0.25, 0.3) is 11.4 Å². The van der Waals surface area contributed by atoms with E-state index in [-0.39, 0.29) is 0 Å². The molecule has 0 saturated carbocycles. The average molecular weight is 277 g/mol. The van der Waals surface area contributed by atoms with Crippen LogP contribution in [0, 0.1) is 13.8 Å². The van der Waals surface area contributed by atoms with Gasteiger partial charge in [-0.05, 0) is 26.0 Å². The average Bonchev–Trinajstić information content (AvgIpc) is 2.37. The summed E-state index contributed by atoms with van der Waals surface area (Å²) in [4.78, 5) is 9.05. The smallest absolute Gasteiger partial charge is 0.159 e. The molecule has 2 aromatic rings. The highest BCUT2D eigenvalue weighted by Crippen LogP contribution is 2.23. The van der Waals surface area contributed by atoms with Crippen LogP contribution in [0.15, 0.2) is 24.3 Å². The zero-order chi connectivity index (χ0) is 13.8. The van der Waals surface area contributed by atoms with Gasteiger partial charge < -0.3 is 11.1 Å². The van der Waals surface area contributed by atoms with Gasteiger partial charge in [-0.1, -0.05) is 23.7 Å². The Balaban J connectivity index is 2.39. The first-order valence-corrected chi connectivity index (χ1v) is 6.54. The number of nitrogens with one attached hydrogen (secondary N) is 1. The van der Waals surface area contributed by atoms with Crippen LogP contribution in [0.1, 0.15) is 11.4 Å². The Kier molecular flexibility index (Phi) is 4.35. The van der Waals surface area contributed by atoms with Crippen molar-refractivity contribution in [1.82, 2.24) is 9.97 Å². The third kappa shape index (κ3) is 3.22. The van der Waals surface area contributed by atoms with Crippen molar-refractivity contribution in [3.05, 3.63) is 40.7 Å². The molecule has 0 bridgehead atoms. The zero-order valence-electron chi connectivity index (χ0n) is 11.1. The topological polar surface area (TPSA) is 63.8 Å². The second-order valence-electron chi connectivity index (χ2n) is 4.32. The molecule has 3 N–H and O–H groups in total. The number of rotatable bonds is 4. The van der Waals surface area contributed by atoms with E-state index in [1.54, 1.807) is 0 Å². The third-order valence-electron chi connectivity index (χ3n) is 2.80. The van der Waals surface area contributed by atoms with E-state index < -0.39 is 0 Å². The fraction of sp³-hybridized carbons (Fsp3) is 0.286. The lowest BCUT2D eigenvalue weighted by Crippen LogP contribution is -2.15. The molecule has 0 spiro atoms. The largest absolute Gasteiger partial charge is 0.381 e. The minimum absolute atomic E-state index is 0.578. The van der Waals surface area contributed by atoms with Crippen LogP contribution in [-0.4, -0.2) is 23.1 Å². The van der Waals surface area contributed by atoms with E-state index in [1.807, 2.05) is 38.1 Å². The molecule has 0 atom stereocenters. The van der Waals surface area contributed by atoms with E-state index in [1.165, 1.54) is 0 Å². The predicted octanol–water partition coefficient (Wildman–Crippen LogP) is 2.78. The van der Waals surface area contributed by atoms with Gasteiger partial charge in [-0.3, -0.25) is 0 Å². The molecule has 0 aliphatic heterocycles. The van der Waals surface area contributed by atoms with Crippen molar-refractivity contribution < 1.29 is 0 Å². The Morgan fingerprint density at radius 2 is 1.89 bits per heavy atom. The molecule has 4 nitrogen and oxygen atoms in total. The zero-order valence-corrected chi connectivity index (χ0v) is 11.8. The van der Waals surface area contributed by atoms with Crippen molar-refractivity contribution in [2.45, 2.75) is 13.8 Å². The van der Waals surface area contributed by atoms with E-state index in [4.69, 9.17) is 17.3 Å². The molecule has 1 heterocycles. The van der Waals surface area contributed by atoms with Crippen LogP contribution in [0.4, 0.5) is 5.69 Å². The Morgan fingerprint density at radius 3 is 2.47 bits per heavy atom. The molecule has 5 heteroatoms. The molecule has 0 fully saturated rings. The molecule has 0 saturated heterocycles. The fourth-order valence-corrected chi connectivity index (χ4v) is 2.12. The minimum atomic E-state index is 0.578. The highest BCUT2D eigenvalue weighted by molar-refractivity contribution is 6.30. The highest BCUT2D eigenvalue weighted by atomic mass is 35.5. The van der Waals surface area contributed by atoms with Gasteiger partial charge in [0.1, 0.15) is 0 Å². The van der Waals surface area contributed by atoms with Crippen LogP contribution in [0.3, 0.4) is 0 Å². The van der Waals surface area contributed by atoms with Crippen molar-refractivity contribution in [3.8, 4) is 11.4 Å². The third-order valence-corrected chi connectivity index (χ3v) is 3.03. The molecule has 0 amide bonds. The van der Waals surface area contributed by atoms with E-state index in [0.29, 0.717) is 23.9 Å². The number of halogens is 1. The molecule has 0 aliphatic carbocycles. The van der Waals surface area contributed by atoms with Gasteiger partial charge >= 0.3 is 0 Å². The molecule has 0 radical (unpaired) electrons. The van der Waals surface area contributed by atoms with Gasteiger partial charge in [0, 0.05) is 23.7 Å². The monoisotopic (exact) mass is 276 g/mol. The summed E-state index contributed by atoms with van der Waals surface area (Å²) in [7, 11) is 0. The summed E-state index contributed by atoms with van der Waals surface area (Å²) in [6.45, 7) is 5.21. The van der Waals surface area contributed by atoms with Gasteiger partial charge in [0.25, 0.3) is 0 Å². The SMILES string of the molecule is Cc1nc(-c2cccc(Cl)c2)nc(C)c1NCCN. The summed E-state index contributed by atoms with van der Waals surface area (Å²) >= 11 is 5.99. The Morgan fingerprint density at radius 1 is 1.21 bits per heavy atom. The van der Waals surface area contributed by atoms with E-state index >= 15 is 0 Å². The second kappa shape index (κ2) is 5.99. The van der Waals surface area contributed by atoms with E-state index in [0.717, 1.165) is 22.6 Å². The first-order valence-electron chi connectivity index (χ1n) is 6.17. The maximum Gasteiger partial charge on any atom is 0.159 e. The summed E-state index contributed by atoms with van der Waals surface area (Å²) in [5.74, 6) is 0.691. The van der Waals surface area contributed by atoms with Gasteiger partial charge in [-0.2, -0.15) is 0 Å². The molecule has 0 aliphatic rings. The molecule has 19 heavy (non-hydrogen) atoms. The number of nitrogens with zero attached hydrogens (tertiary/aromatic N) is 2. The first-order chi connectivity index (χ1) is 9.11. The maximum atomic E-state index is 5.99. The second-order valence-corrected chi connectivity index (χ2v) is 4.76. The maximum absolute atomic E-state index is 5.99. The first kappa shape index (κ1) is 13.8. The van der Waals surface area contributed by atoms with Crippen molar-refractivity contribution in [1.29, 1.82) is 0 Å². The summed E-state index contributed by atoms with van der Waals surface area (Å²) in [5, 5.41) is 3.93. The standard InChI is InChI=1S/C14H17ClN4/c1-9-13(17-7-6-16)10(2)19-14(18-9)11-4-3-5-12(15)8-11/h3-5,8,17H,6-7,16H2,1-2H3. The molecule has 0 unspecified atom stereocenters. The summed E-state index contributed by atoms with van der Waals surface area (Å²) in [6, 6.07) is 7.55. The van der Waals surface area contributed by atoms with Crippen molar-refractivity contribution >= 4 is 17.3 Å². The number of anilines is 1. The molecule has 2 rings (SSSR count). The van der Waals surface area contributed by atoms with Gasteiger partial charge in [0.05, 0.1) is 17.1 Å². The number of nitrogens with two attached hydrogens (primary N) is 1. The summed E-state index contributed by atoms with van der Waals surface area (Å²) in [6.07, 6.45) is 0. The van der Waals surface area contributed by atoms with Crippen molar-refractivity contribution in [3.63, 3.8) is 0 Å². The van der Waals surface area contributed by atoms with Crippen molar-refractivity contribution in [2.75, 3.05) is 18.4 Å². The molecule has 100 valence electrons. The molecule has 1 aromatic carbocycles. The number of hydrogen-bond donors (Lipinski definition) is 2. The number of aryl methyl sites for hydroxylation is 2. The van der Waals surface area contributed by atoms with Crippen LogP contribution in [0.2, 0.25) is 5.02 Å². The predicted molar refractivity (Wildman–Crippen MR) is 79.5 cm³/mol.